The number of benzene rings is 1. The number of nitrogens with one attached hydrogen (secondary N) is 1. The van der Waals surface area contributed by atoms with Gasteiger partial charge in [-0.3, -0.25) is 4.79 Å². The van der Waals surface area contributed by atoms with E-state index in [0.717, 1.165) is 28.6 Å². The van der Waals surface area contributed by atoms with Gasteiger partial charge in [0.2, 0.25) is 0 Å². The number of hydrogen-bond donors (Lipinski definition) is 1. The second-order valence-corrected chi connectivity index (χ2v) is 10.7. The standard InChI is InChI=1S/C26H31Cl2N3O3S/c1-17-22(26(32)29-8-9-33-2)13-24(31(17)14-18-6-4-3-5-7-18)23-16-35-25(30-23)15-34-21-11-19(27)10-20(28)12-21/h10-13,16,18H,3-9,14-15H2,1-2H3,(H,29,32). The lowest BCUT2D eigenvalue weighted by Crippen LogP contribution is -2.27. The number of carbonyl (C=O) groups excluding carboxylic acids is 1. The zero-order valence-electron chi connectivity index (χ0n) is 20.1. The summed E-state index contributed by atoms with van der Waals surface area (Å²) in [6.45, 7) is 4.19. The van der Waals surface area contributed by atoms with Crippen molar-refractivity contribution in [2.75, 3.05) is 20.3 Å². The second-order valence-electron chi connectivity index (χ2n) is 8.91. The number of hydrogen-bond acceptors (Lipinski definition) is 5. The van der Waals surface area contributed by atoms with Crippen LogP contribution in [0, 0.1) is 12.8 Å². The van der Waals surface area contributed by atoms with E-state index in [0.29, 0.717) is 47.0 Å². The van der Waals surface area contributed by atoms with Crippen LogP contribution in [0.2, 0.25) is 10.0 Å². The highest BCUT2D eigenvalue weighted by atomic mass is 35.5. The van der Waals surface area contributed by atoms with Crippen molar-refractivity contribution in [1.82, 2.24) is 14.9 Å². The monoisotopic (exact) mass is 535 g/mol. The summed E-state index contributed by atoms with van der Waals surface area (Å²) in [7, 11) is 1.63. The molecule has 2 heterocycles. The maximum Gasteiger partial charge on any atom is 0.253 e. The molecule has 188 valence electrons. The maximum absolute atomic E-state index is 12.9. The van der Waals surface area contributed by atoms with Gasteiger partial charge in [0.25, 0.3) is 5.91 Å². The van der Waals surface area contributed by atoms with Crippen molar-refractivity contribution in [3.05, 3.63) is 56.0 Å². The average molecular weight is 537 g/mol. The van der Waals surface area contributed by atoms with Crippen molar-refractivity contribution < 1.29 is 14.3 Å². The number of halogens is 2. The highest BCUT2D eigenvalue weighted by Gasteiger charge is 2.23. The molecule has 0 unspecified atom stereocenters. The second kappa shape index (κ2) is 12.3. The van der Waals surface area contributed by atoms with E-state index in [4.69, 9.17) is 37.7 Å². The Hall–Kier alpha value is -2.06. The van der Waals surface area contributed by atoms with Crippen molar-refractivity contribution in [2.24, 2.45) is 5.92 Å². The first-order valence-corrected chi connectivity index (χ1v) is 13.6. The molecule has 2 aromatic heterocycles. The number of nitrogens with zero attached hydrogens (tertiary/aromatic N) is 2. The van der Waals surface area contributed by atoms with Gasteiger partial charge in [-0.05, 0) is 49.9 Å². The highest BCUT2D eigenvalue weighted by Crippen LogP contribution is 2.32. The Balaban J connectivity index is 1.56. The van der Waals surface area contributed by atoms with Crippen molar-refractivity contribution in [3.8, 4) is 17.1 Å². The fraction of sp³-hybridized carbons (Fsp3) is 0.462. The van der Waals surface area contributed by atoms with E-state index < -0.39 is 0 Å². The summed E-state index contributed by atoms with van der Waals surface area (Å²) < 4.78 is 13.2. The van der Waals surface area contributed by atoms with Crippen molar-refractivity contribution in [3.63, 3.8) is 0 Å². The molecule has 6 nitrogen and oxygen atoms in total. The molecule has 0 saturated heterocycles. The van der Waals surface area contributed by atoms with Crippen LogP contribution in [0.1, 0.15) is 53.2 Å². The molecule has 35 heavy (non-hydrogen) atoms. The van der Waals surface area contributed by atoms with Gasteiger partial charge in [-0.25, -0.2) is 4.98 Å². The fourth-order valence-corrected chi connectivity index (χ4v) is 5.77. The molecule has 1 aromatic carbocycles. The quantitative estimate of drug-likeness (QED) is 0.291. The molecule has 1 fully saturated rings. The minimum Gasteiger partial charge on any atom is -0.486 e. The number of amides is 1. The first-order valence-electron chi connectivity index (χ1n) is 12.0. The Morgan fingerprint density at radius 1 is 1.17 bits per heavy atom. The highest BCUT2D eigenvalue weighted by molar-refractivity contribution is 7.09. The lowest BCUT2D eigenvalue weighted by atomic mass is 9.89. The largest absolute Gasteiger partial charge is 0.486 e. The predicted molar refractivity (Wildman–Crippen MR) is 142 cm³/mol. The lowest BCUT2D eigenvalue weighted by molar-refractivity contribution is 0.0936. The third-order valence-corrected chi connectivity index (χ3v) is 7.64. The fourth-order valence-electron chi connectivity index (χ4n) is 4.56. The van der Waals surface area contributed by atoms with E-state index in [1.165, 1.54) is 43.4 Å². The summed E-state index contributed by atoms with van der Waals surface area (Å²) in [5.74, 6) is 1.14. The summed E-state index contributed by atoms with van der Waals surface area (Å²) in [4.78, 5) is 17.7. The van der Waals surface area contributed by atoms with Crippen LogP contribution >= 0.6 is 34.5 Å². The Morgan fingerprint density at radius 2 is 1.91 bits per heavy atom. The Morgan fingerprint density at radius 3 is 2.63 bits per heavy atom. The molecule has 0 bridgehead atoms. The van der Waals surface area contributed by atoms with Gasteiger partial charge in [0.05, 0.1) is 23.6 Å². The lowest BCUT2D eigenvalue weighted by Gasteiger charge is -2.24. The van der Waals surface area contributed by atoms with Crippen LogP contribution in [0.4, 0.5) is 0 Å². The van der Waals surface area contributed by atoms with E-state index in [-0.39, 0.29) is 5.91 Å². The topological polar surface area (TPSA) is 65.4 Å². The molecule has 1 amide bonds. The third kappa shape index (κ3) is 6.79. The molecule has 1 saturated carbocycles. The number of methoxy groups -OCH3 is 1. The molecule has 9 heteroatoms. The zero-order valence-corrected chi connectivity index (χ0v) is 22.4. The molecule has 3 aromatic rings. The number of thiazole rings is 1. The van der Waals surface area contributed by atoms with Gasteiger partial charge in [-0.1, -0.05) is 42.5 Å². The minimum atomic E-state index is -0.0835. The van der Waals surface area contributed by atoms with Gasteiger partial charge in [-0.15, -0.1) is 11.3 Å². The Labute approximate surface area is 220 Å². The summed E-state index contributed by atoms with van der Waals surface area (Å²) in [6, 6.07) is 7.10. The number of ether oxygens (including phenoxy) is 2. The molecule has 0 radical (unpaired) electrons. The van der Waals surface area contributed by atoms with Gasteiger partial charge >= 0.3 is 0 Å². The number of carbonyl (C=O) groups is 1. The van der Waals surface area contributed by atoms with Crippen LogP contribution in [0.15, 0.2) is 29.6 Å². The van der Waals surface area contributed by atoms with E-state index >= 15 is 0 Å². The average Bonchev–Trinajstić information content (AvgIpc) is 3.43. The Bertz CT molecular complexity index is 1130. The van der Waals surface area contributed by atoms with Crippen molar-refractivity contribution >= 4 is 40.4 Å². The normalized spacial score (nSPS) is 14.3. The van der Waals surface area contributed by atoms with Gasteiger partial charge in [0.15, 0.2) is 0 Å². The minimum absolute atomic E-state index is 0.0835. The Kier molecular flexibility index (Phi) is 9.11. The van der Waals surface area contributed by atoms with Crippen LogP contribution < -0.4 is 10.1 Å². The number of aromatic nitrogens is 2. The molecule has 4 rings (SSSR count). The third-order valence-electron chi connectivity index (χ3n) is 6.38. The van der Waals surface area contributed by atoms with Crippen LogP contribution in [0.5, 0.6) is 5.75 Å². The van der Waals surface area contributed by atoms with Crippen LogP contribution in [0.3, 0.4) is 0 Å². The molecule has 0 spiro atoms. The van der Waals surface area contributed by atoms with E-state index in [1.807, 2.05) is 18.4 Å². The molecule has 1 aliphatic rings. The molecular weight excluding hydrogens is 505 g/mol. The number of rotatable bonds is 10. The predicted octanol–water partition coefficient (Wildman–Crippen LogP) is 6.76. The summed E-state index contributed by atoms with van der Waals surface area (Å²) >= 11 is 13.7. The van der Waals surface area contributed by atoms with Crippen LogP contribution in [-0.2, 0) is 17.9 Å². The maximum atomic E-state index is 12.9. The van der Waals surface area contributed by atoms with Crippen LogP contribution in [-0.4, -0.2) is 35.7 Å². The summed E-state index contributed by atoms with van der Waals surface area (Å²) in [5.41, 5.74) is 3.48. The van der Waals surface area contributed by atoms with Gasteiger partial charge in [-0.2, -0.15) is 0 Å². The molecular formula is C26H31Cl2N3O3S. The van der Waals surface area contributed by atoms with E-state index in [1.54, 1.807) is 25.3 Å². The first-order chi connectivity index (χ1) is 16.9. The smallest absolute Gasteiger partial charge is 0.253 e. The molecule has 1 N–H and O–H groups in total. The van der Waals surface area contributed by atoms with Crippen molar-refractivity contribution in [1.29, 1.82) is 0 Å². The van der Waals surface area contributed by atoms with Crippen molar-refractivity contribution in [2.45, 2.75) is 52.2 Å². The van der Waals surface area contributed by atoms with Gasteiger partial charge < -0.3 is 19.4 Å². The first kappa shape index (κ1) is 26.0. The van der Waals surface area contributed by atoms with E-state index in [2.05, 4.69) is 9.88 Å². The SMILES string of the molecule is COCCNC(=O)c1cc(-c2csc(COc3cc(Cl)cc(Cl)c3)n2)n(CC2CCCCC2)c1C. The van der Waals surface area contributed by atoms with Crippen LogP contribution in [0.25, 0.3) is 11.4 Å². The molecule has 1 aliphatic carbocycles. The zero-order chi connectivity index (χ0) is 24.8. The summed E-state index contributed by atoms with van der Waals surface area (Å²) in [5, 5.41) is 6.88. The van der Waals surface area contributed by atoms with Gasteiger partial charge in [0.1, 0.15) is 17.4 Å². The molecule has 0 aliphatic heterocycles. The molecule has 0 atom stereocenters. The van der Waals surface area contributed by atoms with Gasteiger partial charge in [0, 0.05) is 41.3 Å². The van der Waals surface area contributed by atoms with E-state index in [9.17, 15) is 4.79 Å². The summed E-state index contributed by atoms with van der Waals surface area (Å²) in [6.07, 6.45) is 6.32.